The Morgan fingerprint density at radius 3 is 2.10 bits per heavy atom. The highest BCUT2D eigenvalue weighted by Gasteiger charge is 2.19. The summed E-state index contributed by atoms with van der Waals surface area (Å²) in [6.07, 6.45) is 1.27. The SMILES string of the molecule is CCc1ccc(NC(CC(=O)c2ccc(OC)cc2)c2ccc(OC)c(OC)c2)cc1. The van der Waals surface area contributed by atoms with Crippen molar-refractivity contribution in [1.82, 2.24) is 0 Å². The predicted octanol–water partition coefficient (Wildman–Crippen LogP) is 5.70. The summed E-state index contributed by atoms with van der Waals surface area (Å²) in [6, 6.07) is 21.0. The van der Waals surface area contributed by atoms with Gasteiger partial charge < -0.3 is 19.5 Å². The summed E-state index contributed by atoms with van der Waals surface area (Å²) >= 11 is 0. The van der Waals surface area contributed by atoms with Crippen molar-refractivity contribution in [3.05, 3.63) is 83.4 Å². The molecule has 0 radical (unpaired) electrons. The Bertz CT molecular complexity index is 997. The molecule has 0 bridgehead atoms. The highest BCUT2D eigenvalue weighted by molar-refractivity contribution is 5.96. The third kappa shape index (κ3) is 5.57. The Hall–Kier alpha value is -3.47. The fraction of sp³-hybridized carbons (Fsp3) is 0.269. The molecule has 0 aromatic heterocycles. The number of Topliss-reactive ketones (excluding diaryl/α,β-unsaturated/α-hetero) is 1. The van der Waals surface area contributed by atoms with E-state index in [-0.39, 0.29) is 18.2 Å². The first-order chi connectivity index (χ1) is 15.1. The van der Waals surface area contributed by atoms with E-state index in [0.29, 0.717) is 17.1 Å². The number of ketones is 1. The summed E-state index contributed by atoms with van der Waals surface area (Å²) in [7, 11) is 4.82. The molecule has 0 aliphatic rings. The molecule has 1 N–H and O–H groups in total. The van der Waals surface area contributed by atoms with Crippen molar-refractivity contribution in [3.63, 3.8) is 0 Å². The van der Waals surface area contributed by atoms with Crippen LogP contribution in [0.1, 0.15) is 40.9 Å². The molecule has 0 aliphatic heterocycles. The van der Waals surface area contributed by atoms with Gasteiger partial charge in [-0.2, -0.15) is 0 Å². The first kappa shape index (κ1) is 22.2. The summed E-state index contributed by atoms with van der Waals surface area (Å²) in [6.45, 7) is 2.13. The van der Waals surface area contributed by atoms with E-state index in [4.69, 9.17) is 14.2 Å². The second-order valence-electron chi connectivity index (χ2n) is 7.22. The Morgan fingerprint density at radius 2 is 1.52 bits per heavy atom. The number of ether oxygens (including phenoxy) is 3. The molecule has 5 heteroatoms. The quantitative estimate of drug-likeness (QED) is 0.427. The zero-order valence-electron chi connectivity index (χ0n) is 18.5. The maximum absolute atomic E-state index is 13.1. The van der Waals surface area contributed by atoms with Crippen molar-refractivity contribution in [1.29, 1.82) is 0 Å². The van der Waals surface area contributed by atoms with Gasteiger partial charge in [-0.3, -0.25) is 4.79 Å². The largest absolute Gasteiger partial charge is 0.497 e. The first-order valence-corrected chi connectivity index (χ1v) is 10.3. The first-order valence-electron chi connectivity index (χ1n) is 10.3. The van der Waals surface area contributed by atoms with E-state index >= 15 is 0 Å². The van der Waals surface area contributed by atoms with Crippen LogP contribution in [0.15, 0.2) is 66.7 Å². The molecular weight excluding hydrogens is 390 g/mol. The molecule has 0 fully saturated rings. The normalized spacial score (nSPS) is 11.5. The summed E-state index contributed by atoms with van der Waals surface area (Å²) in [5.74, 6) is 2.05. The molecule has 0 saturated heterocycles. The zero-order chi connectivity index (χ0) is 22.2. The van der Waals surface area contributed by atoms with Crippen molar-refractivity contribution in [2.45, 2.75) is 25.8 Å². The van der Waals surface area contributed by atoms with Gasteiger partial charge in [-0.15, -0.1) is 0 Å². The van der Waals surface area contributed by atoms with Crippen LogP contribution in [0.5, 0.6) is 17.2 Å². The standard InChI is InChI=1S/C26H29NO4/c1-5-18-6-11-21(12-7-18)27-23(20-10-15-25(30-3)26(16-20)31-4)17-24(28)19-8-13-22(29-2)14-9-19/h6-16,23,27H,5,17H2,1-4H3. The Labute approximate surface area is 184 Å². The van der Waals surface area contributed by atoms with Gasteiger partial charge in [-0.05, 0) is 66.1 Å². The molecule has 162 valence electrons. The molecule has 0 saturated carbocycles. The van der Waals surface area contributed by atoms with Crippen LogP contribution in [0.4, 0.5) is 5.69 Å². The molecule has 5 nitrogen and oxygen atoms in total. The van der Waals surface area contributed by atoms with Gasteiger partial charge >= 0.3 is 0 Å². The second kappa shape index (κ2) is 10.5. The molecule has 3 rings (SSSR count). The van der Waals surface area contributed by atoms with Crippen LogP contribution >= 0.6 is 0 Å². The minimum atomic E-state index is -0.234. The smallest absolute Gasteiger partial charge is 0.165 e. The molecule has 0 aliphatic carbocycles. The number of hydrogen-bond acceptors (Lipinski definition) is 5. The fourth-order valence-electron chi connectivity index (χ4n) is 3.44. The summed E-state index contributed by atoms with van der Waals surface area (Å²) in [4.78, 5) is 13.1. The lowest BCUT2D eigenvalue weighted by Gasteiger charge is -2.21. The Balaban J connectivity index is 1.89. The van der Waals surface area contributed by atoms with Crippen LogP contribution in [-0.4, -0.2) is 27.1 Å². The number of methoxy groups -OCH3 is 3. The van der Waals surface area contributed by atoms with Gasteiger partial charge in [0.2, 0.25) is 0 Å². The molecule has 3 aromatic carbocycles. The summed E-state index contributed by atoms with van der Waals surface area (Å²) in [5.41, 5.74) is 3.82. The van der Waals surface area contributed by atoms with Crippen LogP contribution in [0.3, 0.4) is 0 Å². The number of carbonyl (C=O) groups is 1. The van der Waals surface area contributed by atoms with Gasteiger partial charge in [-0.1, -0.05) is 25.1 Å². The zero-order valence-corrected chi connectivity index (χ0v) is 18.5. The van der Waals surface area contributed by atoms with Crippen LogP contribution in [0, 0.1) is 0 Å². The van der Waals surface area contributed by atoms with Crippen LogP contribution in [0.25, 0.3) is 0 Å². The predicted molar refractivity (Wildman–Crippen MR) is 124 cm³/mol. The number of hydrogen-bond donors (Lipinski definition) is 1. The summed E-state index contributed by atoms with van der Waals surface area (Å²) < 4.78 is 16.0. The third-order valence-electron chi connectivity index (χ3n) is 5.31. The van der Waals surface area contributed by atoms with E-state index in [2.05, 4.69) is 24.4 Å². The lowest BCUT2D eigenvalue weighted by molar-refractivity contribution is 0.0976. The number of carbonyl (C=O) groups excluding carboxylic acids is 1. The van der Waals surface area contributed by atoms with E-state index < -0.39 is 0 Å². The minimum absolute atomic E-state index is 0.0418. The molecule has 0 amide bonds. The minimum Gasteiger partial charge on any atom is -0.497 e. The van der Waals surface area contributed by atoms with Crippen LogP contribution < -0.4 is 19.5 Å². The number of aryl methyl sites for hydroxylation is 1. The molecule has 0 spiro atoms. The average molecular weight is 420 g/mol. The van der Waals surface area contributed by atoms with Crippen molar-refractivity contribution >= 4 is 11.5 Å². The molecule has 1 atom stereocenters. The molecule has 1 unspecified atom stereocenters. The lowest BCUT2D eigenvalue weighted by Crippen LogP contribution is -2.16. The monoisotopic (exact) mass is 419 g/mol. The second-order valence-corrected chi connectivity index (χ2v) is 7.22. The maximum atomic E-state index is 13.1. The van der Waals surface area contributed by atoms with Gasteiger partial charge in [0.05, 0.1) is 27.4 Å². The topological polar surface area (TPSA) is 56.8 Å². The number of benzene rings is 3. The van der Waals surface area contributed by atoms with E-state index in [0.717, 1.165) is 23.4 Å². The molecule has 31 heavy (non-hydrogen) atoms. The molecule has 0 heterocycles. The Morgan fingerprint density at radius 1 is 0.839 bits per heavy atom. The van der Waals surface area contributed by atoms with Crippen LogP contribution in [-0.2, 0) is 6.42 Å². The molecule has 3 aromatic rings. The van der Waals surface area contributed by atoms with Gasteiger partial charge in [0.15, 0.2) is 17.3 Å². The average Bonchev–Trinajstić information content (AvgIpc) is 2.83. The highest BCUT2D eigenvalue weighted by atomic mass is 16.5. The van der Waals surface area contributed by atoms with Gasteiger partial charge in [0.25, 0.3) is 0 Å². The van der Waals surface area contributed by atoms with Crippen molar-refractivity contribution in [2.75, 3.05) is 26.6 Å². The van der Waals surface area contributed by atoms with Crippen LogP contribution in [0.2, 0.25) is 0 Å². The van der Waals surface area contributed by atoms with Crippen molar-refractivity contribution < 1.29 is 19.0 Å². The van der Waals surface area contributed by atoms with E-state index in [1.807, 2.05) is 30.3 Å². The highest BCUT2D eigenvalue weighted by Crippen LogP contribution is 2.33. The van der Waals surface area contributed by atoms with Gasteiger partial charge in [0.1, 0.15) is 5.75 Å². The number of anilines is 1. The number of rotatable bonds is 10. The Kier molecular flexibility index (Phi) is 7.55. The van der Waals surface area contributed by atoms with E-state index in [1.54, 1.807) is 45.6 Å². The molecular formula is C26H29NO4. The lowest BCUT2D eigenvalue weighted by atomic mass is 9.97. The van der Waals surface area contributed by atoms with E-state index in [9.17, 15) is 4.79 Å². The number of nitrogens with one attached hydrogen (secondary N) is 1. The van der Waals surface area contributed by atoms with Gasteiger partial charge in [-0.25, -0.2) is 0 Å². The fourth-order valence-corrected chi connectivity index (χ4v) is 3.44. The van der Waals surface area contributed by atoms with Gasteiger partial charge in [0, 0.05) is 17.7 Å². The van der Waals surface area contributed by atoms with Crippen molar-refractivity contribution in [2.24, 2.45) is 0 Å². The summed E-state index contributed by atoms with van der Waals surface area (Å²) in [5, 5.41) is 3.52. The van der Waals surface area contributed by atoms with Crippen molar-refractivity contribution in [3.8, 4) is 17.2 Å². The maximum Gasteiger partial charge on any atom is 0.165 e. The van der Waals surface area contributed by atoms with E-state index in [1.165, 1.54) is 5.56 Å². The third-order valence-corrected chi connectivity index (χ3v) is 5.31.